The van der Waals surface area contributed by atoms with Crippen molar-refractivity contribution in [2.45, 2.75) is 37.7 Å². The van der Waals surface area contributed by atoms with Gasteiger partial charge >= 0.3 is 0 Å². The van der Waals surface area contributed by atoms with Crippen molar-refractivity contribution in [3.05, 3.63) is 22.5 Å². The van der Waals surface area contributed by atoms with Crippen LogP contribution in [-0.4, -0.2) is 32.2 Å². The van der Waals surface area contributed by atoms with Gasteiger partial charge in [-0.15, -0.1) is 0 Å². The Morgan fingerprint density at radius 2 is 1.95 bits per heavy atom. The maximum atomic E-state index is 14.0. The van der Waals surface area contributed by atoms with Crippen molar-refractivity contribution in [3.63, 3.8) is 0 Å². The van der Waals surface area contributed by atoms with E-state index in [1.807, 2.05) is 0 Å². The molecule has 3 rings (SSSR count). The van der Waals surface area contributed by atoms with E-state index in [2.05, 4.69) is 20.3 Å². The van der Waals surface area contributed by atoms with Crippen molar-refractivity contribution in [1.29, 1.82) is 0 Å². The maximum Gasteiger partial charge on any atom is 0.225 e. The van der Waals surface area contributed by atoms with E-state index in [1.54, 1.807) is 0 Å². The fourth-order valence-corrected chi connectivity index (χ4v) is 3.08. The minimum absolute atomic E-state index is 0.0122. The standard InChI is InChI=1S/C14H15Cl2FN4O/c15-11-9(17)10-8(6-18-11)12(21-13(16)20-10)19-7-14(22)4-2-1-3-5-14/h6,22H,1-5,7H2,(H,19,20,21). The van der Waals surface area contributed by atoms with Gasteiger partial charge in [0.2, 0.25) is 5.28 Å². The summed E-state index contributed by atoms with van der Waals surface area (Å²) in [6, 6.07) is 0. The van der Waals surface area contributed by atoms with Crippen LogP contribution in [0.4, 0.5) is 10.2 Å². The number of rotatable bonds is 3. The molecule has 1 aliphatic carbocycles. The molecule has 2 heterocycles. The van der Waals surface area contributed by atoms with Crippen LogP contribution in [-0.2, 0) is 0 Å². The molecular formula is C14H15Cl2FN4O. The van der Waals surface area contributed by atoms with E-state index in [-0.39, 0.29) is 16.0 Å². The first-order chi connectivity index (χ1) is 10.5. The van der Waals surface area contributed by atoms with Gasteiger partial charge in [-0.1, -0.05) is 30.9 Å². The first kappa shape index (κ1) is 15.6. The Hall–Kier alpha value is -1.24. The van der Waals surface area contributed by atoms with E-state index in [9.17, 15) is 9.50 Å². The first-order valence-electron chi connectivity index (χ1n) is 7.12. The third-order valence-corrected chi connectivity index (χ3v) is 4.42. The third kappa shape index (κ3) is 3.09. The van der Waals surface area contributed by atoms with Gasteiger partial charge in [0.25, 0.3) is 0 Å². The SMILES string of the molecule is OC1(CNc2nc(Cl)nc3c(F)c(Cl)ncc23)CCCCC1. The zero-order chi connectivity index (χ0) is 15.7. The number of nitrogens with zero attached hydrogens (tertiary/aromatic N) is 3. The van der Waals surface area contributed by atoms with Crippen LogP contribution >= 0.6 is 23.2 Å². The Morgan fingerprint density at radius 3 is 2.68 bits per heavy atom. The van der Waals surface area contributed by atoms with Gasteiger partial charge in [0.05, 0.1) is 11.0 Å². The Bertz CT molecular complexity index is 707. The van der Waals surface area contributed by atoms with E-state index in [4.69, 9.17) is 23.2 Å². The van der Waals surface area contributed by atoms with E-state index in [1.165, 1.54) is 6.20 Å². The lowest BCUT2D eigenvalue weighted by Crippen LogP contribution is -2.39. The highest BCUT2D eigenvalue weighted by atomic mass is 35.5. The summed E-state index contributed by atoms with van der Waals surface area (Å²) in [6.45, 7) is 0.319. The number of fused-ring (bicyclic) bond motifs is 1. The minimum Gasteiger partial charge on any atom is -0.388 e. The summed E-state index contributed by atoms with van der Waals surface area (Å²) in [5.74, 6) is -0.389. The number of pyridine rings is 1. The van der Waals surface area contributed by atoms with Crippen LogP contribution in [0.2, 0.25) is 10.4 Å². The van der Waals surface area contributed by atoms with E-state index in [0.29, 0.717) is 17.7 Å². The molecular weight excluding hydrogens is 330 g/mol. The fraction of sp³-hybridized carbons (Fsp3) is 0.500. The summed E-state index contributed by atoms with van der Waals surface area (Å²) in [4.78, 5) is 11.7. The molecule has 0 radical (unpaired) electrons. The number of hydrogen-bond acceptors (Lipinski definition) is 5. The number of aliphatic hydroxyl groups is 1. The minimum atomic E-state index is -0.777. The topological polar surface area (TPSA) is 70.9 Å². The van der Waals surface area contributed by atoms with Crippen molar-refractivity contribution >= 4 is 39.9 Å². The molecule has 0 saturated heterocycles. The highest BCUT2D eigenvalue weighted by Gasteiger charge is 2.29. The molecule has 0 aliphatic heterocycles. The Morgan fingerprint density at radius 1 is 1.23 bits per heavy atom. The number of aromatic nitrogens is 3. The summed E-state index contributed by atoms with van der Waals surface area (Å²) in [7, 11) is 0. The molecule has 8 heteroatoms. The van der Waals surface area contributed by atoms with Crippen molar-refractivity contribution in [2.75, 3.05) is 11.9 Å². The van der Waals surface area contributed by atoms with Crippen LogP contribution in [0.3, 0.4) is 0 Å². The smallest absolute Gasteiger partial charge is 0.225 e. The average molecular weight is 345 g/mol. The number of halogens is 3. The molecule has 0 bridgehead atoms. The van der Waals surface area contributed by atoms with Crippen LogP contribution in [0, 0.1) is 5.82 Å². The van der Waals surface area contributed by atoms with Crippen molar-refractivity contribution < 1.29 is 9.50 Å². The molecule has 0 amide bonds. The zero-order valence-corrected chi connectivity index (χ0v) is 13.3. The van der Waals surface area contributed by atoms with Crippen LogP contribution in [0.25, 0.3) is 10.9 Å². The second-order valence-electron chi connectivity index (χ2n) is 5.61. The molecule has 118 valence electrons. The van der Waals surface area contributed by atoms with E-state index >= 15 is 0 Å². The molecule has 0 unspecified atom stereocenters. The van der Waals surface area contributed by atoms with E-state index < -0.39 is 11.4 Å². The Kier molecular flexibility index (Phi) is 4.34. The van der Waals surface area contributed by atoms with Crippen molar-refractivity contribution in [3.8, 4) is 0 Å². The van der Waals surface area contributed by atoms with Gasteiger partial charge in [-0.2, -0.15) is 0 Å². The summed E-state index contributed by atoms with van der Waals surface area (Å²) in [5.41, 5.74) is -0.765. The predicted molar refractivity (Wildman–Crippen MR) is 83.8 cm³/mol. The molecule has 1 fully saturated rings. The van der Waals surface area contributed by atoms with Gasteiger partial charge in [0, 0.05) is 12.7 Å². The molecule has 2 aromatic heterocycles. The normalized spacial score (nSPS) is 17.6. The second kappa shape index (κ2) is 6.10. The molecule has 0 spiro atoms. The Balaban J connectivity index is 1.92. The lowest BCUT2D eigenvalue weighted by molar-refractivity contribution is 0.0167. The third-order valence-electron chi connectivity index (χ3n) is 3.98. The molecule has 2 N–H and O–H groups in total. The van der Waals surface area contributed by atoms with Crippen LogP contribution < -0.4 is 5.32 Å². The second-order valence-corrected chi connectivity index (χ2v) is 6.30. The highest BCUT2D eigenvalue weighted by Crippen LogP contribution is 2.30. The molecule has 5 nitrogen and oxygen atoms in total. The van der Waals surface area contributed by atoms with Gasteiger partial charge in [-0.3, -0.25) is 0 Å². The lowest BCUT2D eigenvalue weighted by atomic mass is 9.85. The fourth-order valence-electron chi connectivity index (χ4n) is 2.78. The van der Waals surface area contributed by atoms with Crippen molar-refractivity contribution in [2.24, 2.45) is 0 Å². The highest BCUT2D eigenvalue weighted by molar-refractivity contribution is 6.30. The van der Waals surface area contributed by atoms with Crippen LogP contribution in [0.1, 0.15) is 32.1 Å². The molecule has 1 saturated carbocycles. The first-order valence-corrected chi connectivity index (χ1v) is 7.88. The van der Waals surface area contributed by atoms with Crippen molar-refractivity contribution in [1.82, 2.24) is 15.0 Å². The van der Waals surface area contributed by atoms with Crippen LogP contribution in [0.15, 0.2) is 6.20 Å². The quantitative estimate of drug-likeness (QED) is 0.657. The van der Waals surface area contributed by atoms with Gasteiger partial charge in [-0.25, -0.2) is 19.3 Å². The monoisotopic (exact) mass is 344 g/mol. The molecule has 0 atom stereocenters. The lowest BCUT2D eigenvalue weighted by Gasteiger charge is -2.32. The molecule has 2 aromatic rings. The summed E-state index contributed by atoms with van der Waals surface area (Å²) in [5, 5.41) is 13.6. The molecule has 0 aromatic carbocycles. The van der Waals surface area contributed by atoms with Crippen LogP contribution in [0.5, 0.6) is 0 Å². The number of nitrogens with one attached hydrogen (secondary N) is 1. The van der Waals surface area contributed by atoms with Gasteiger partial charge in [0.15, 0.2) is 11.0 Å². The van der Waals surface area contributed by atoms with Gasteiger partial charge in [0.1, 0.15) is 11.3 Å². The molecule has 1 aliphatic rings. The molecule has 22 heavy (non-hydrogen) atoms. The average Bonchev–Trinajstić information content (AvgIpc) is 2.50. The van der Waals surface area contributed by atoms with Gasteiger partial charge in [-0.05, 0) is 24.4 Å². The number of hydrogen-bond donors (Lipinski definition) is 2. The predicted octanol–water partition coefficient (Wildman–Crippen LogP) is 3.58. The number of anilines is 1. The largest absolute Gasteiger partial charge is 0.388 e. The van der Waals surface area contributed by atoms with E-state index in [0.717, 1.165) is 32.1 Å². The summed E-state index contributed by atoms with van der Waals surface area (Å²) < 4.78 is 14.0. The zero-order valence-electron chi connectivity index (χ0n) is 11.7. The Labute approximate surface area is 136 Å². The van der Waals surface area contributed by atoms with Gasteiger partial charge < -0.3 is 10.4 Å². The summed E-state index contributed by atoms with van der Waals surface area (Å²) >= 11 is 11.5. The summed E-state index contributed by atoms with van der Waals surface area (Å²) in [6.07, 6.45) is 5.98. The maximum absolute atomic E-state index is 14.0.